The quantitative estimate of drug-likeness (QED) is 0.191. The molecule has 1 heterocycles. The Labute approximate surface area is 246 Å². The minimum atomic E-state index is -0.540. The van der Waals surface area contributed by atoms with Crippen LogP contribution in [-0.4, -0.2) is 28.9 Å². The highest BCUT2D eigenvalue weighted by Crippen LogP contribution is 2.34. The first-order chi connectivity index (χ1) is 19.9. The highest BCUT2D eigenvalue weighted by molar-refractivity contribution is 8.00. The average Bonchev–Trinajstić information content (AvgIpc) is 3.27. The molecular weight excluding hydrogens is 558 g/mol. The summed E-state index contributed by atoms with van der Waals surface area (Å²) in [6.07, 6.45) is 1.62. The number of nitrogens with one attached hydrogen (secondary N) is 2. The summed E-state index contributed by atoms with van der Waals surface area (Å²) in [5, 5.41) is 5.38. The van der Waals surface area contributed by atoms with E-state index < -0.39 is 17.1 Å². The first kappa shape index (κ1) is 27.9. The smallest absolute Gasteiger partial charge is 0.272 e. The normalized spacial score (nSPS) is 15.1. The van der Waals surface area contributed by atoms with Crippen molar-refractivity contribution >= 4 is 64.4 Å². The van der Waals surface area contributed by atoms with Crippen molar-refractivity contribution < 1.29 is 19.2 Å². The fourth-order valence-corrected chi connectivity index (χ4v) is 5.46. The Morgan fingerprint density at radius 3 is 2.15 bits per heavy atom. The maximum absolute atomic E-state index is 13.3. The first-order valence-electron chi connectivity index (χ1n) is 12.7. The van der Waals surface area contributed by atoms with Crippen LogP contribution >= 0.6 is 23.4 Å². The van der Waals surface area contributed by atoms with Crippen molar-refractivity contribution in [2.75, 3.05) is 10.2 Å². The van der Waals surface area contributed by atoms with Gasteiger partial charge in [0.1, 0.15) is 5.70 Å². The number of amides is 4. The van der Waals surface area contributed by atoms with Gasteiger partial charge in [0.2, 0.25) is 11.8 Å². The van der Waals surface area contributed by atoms with E-state index in [4.69, 9.17) is 11.6 Å². The van der Waals surface area contributed by atoms with Gasteiger partial charge in [-0.05, 0) is 66.2 Å². The van der Waals surface area contributed by atoms with Gasteiger partial charge in [0, 0.05) is 27.6 Å². The van der Waals surface area contributed by atoms with Gasteiger partial charge in [0.25, 0.3) is 11.8 Å². The van der Waals surface area contributed by atoms with E-state index in [1.54, 1.807) is 103 Å². The summed E-state index contributed by atoms with van der Waals surface area (Å²) in [7, 11) is 0. The van der Waals surface area contributed by atoms with Gasteiger partial charge >= 0.3 is 0 Å². The van der Waals surface area contributed by atoms with E-state index in [0.29, 0.717) is 27.5 Å². The largest absolute Gasteiger partial charge is 0.321 e. The Balaban J connectivity index is 1.29. The molecule has 9 heteroatoms. The highest BCUT2D eigenvalue weighted by atomic mass is 35.5. The highest BCUT2D eigenvalue weighted by Gasteiger charge is 2.40. The van der Waals surface area contributed by atoms with Crippen LogP contribution in [0.15, 0.2) is 120 Å². The van der Waals surface area contributed by atoms with Crippen LogP contribution in [-0.2, 0) is 14.4 Å². The fourth-order valence-electron chi connectivity index (χ4n) is 4.21. The van der Waals surface area contributed by atoms with Crippen LogP contribution in [0, 0.1) is 0 Å². The molecule has 4 amide bonds. The molecule has 4 aromatic rings. The molecule has 0 radical (unpaired) electrons. The molecule has 41 heavy (non-hydrogen) atoms. The van der Waals surface area contributed by atoms with Crippen molar-refractivity contribution in [3.63, 3.8) is 0 Å². The van der Waals surface area contributed by atoms with Crippen LogP contribution in [0.5, 0.6) is 0 Å². The monoisotopic (exact) mass is 581 g/mol. The molecule has 4 aromatic carbocycles. The SMILES string of the molecule is O=C(Nc1ccc(SC2CC(=O)N(c3ccccc3)C2=O)cc1)/C(=C/c1ccccc1Cl)NC(=O)c1ccccc1. The lowest BCUT2D eigenvalue weighted by atomic mass is 10.1. The van der Waals surface area contributed by atoms with E-state index in [9.17, 15) is 19.2 Å². The van der Waals surface area contributed by atoms with Crippen molar-refractivity contribution in [1.82, 2.24) is 5.32 Å². The van der Waals surface area contributed by atoms with E-state index in [2.05, 4.69) is 10.6 Å². The number of rotatable bonds is 8. The Bertz CT molecular complexity index is 1630. The maximum Gasteiger partial charge on any atom is 0.272 e. The third kappa shape index (κ3) is 6.74. The Hall–Kier alpha value is -4.66. The molecule has 7 nitrogen and oxygen atoms in total. The van der Waals surface area contributed by atoms with Gasteiger partial charge in [0.15, 0.2) is 0 Å². The van der Waals surface area contributed by atoms with Gasteiger partial charge < -0.3 is 10.6 Å². The molecule has 1 aliphatic heterocycles. The summed E-state index contributed by atoms with van der Waals surface area (Å²) >= 11 is 7.59. The van der Waals surface area contributed by atoms with Crippen LogP contribution in [0.2, 0.25) is 5.02 Å². The van der Waals surface area contributed by atoms with Crippen LogP contribution in [0.3, 0.4) is 0 Å². The van der Waals surface area contributed by atoms with Crippen molar-refractivity contribution in [2.24, 2.45) is 0 Å². The minimum Gasteiger partial charge on any atom is -0.321 e. The second-order valence-corrected chi connectivity index (χ2v) is 10.8. The van der Waals surface area contributed by atoms with Crippen molar-refractivity contribution in [3.05, 3.63) is 131 Å². The summed E-state index contributed by atoms with van der Waals surface area (Å²) in [5.41, 5.74) is 2.03. The number of halogens is 1. The first-order valence-corrected chi connectivity index (χ1v) is 14.0. The molecule has 5 rings (SSSR count). The van der Waals surface area contributed by atoms with Crippen LogP contribution in [0.1, 0.15) is 22.3 Å². The number of hydrogen-bond acceptors (Lipinski definition) is 5. The van der Waals surface area contributed by atoms with E-state index in [0.717, 1.165) is 4.90 Å². The van der Waals surface area contributed by atoms with Crippen molar-refractivity contribution in [1.29, 1.82) is 0 Å². The molecule has 0 bridgehead atoms. The Morgan fingerprint density at radius 1 is 0.829 bits per heavy atom. The summed E-state index contributed by atoms with van der Waals surface area (Å²) in [5.74, 6) is -1.47. The third-order valence-electron chi connectivity index (χ3n) is 6.24. The molecule has 0 spiro atoms. The molecule has 1 atom stereocenters. The van der Waals surface area contributed by atoms with Crippen LogP contribution in [0.25, 0.3) is 6.08 Å². The standard InChI is InChI=1S/C32H24ClN3O4S/c33-26-14-8-7-11-22(26)19-27(35-30(38)21-9-3-1-4-10-21)31(39)34-23-15-17-25(18-16-23)41-28-20-29(37)36(32(28)40)24-12-5-2-6-13-24/h1-19,28H,20H2,(H,34,39)(H,35,38)/b27-19-. The second-order valence-electron chi connectivity index (χ2n) is 9.09. The number of para-hydroxylation sites is 1. The van der Waals surface area contributed by atoms with Gasteiger partial charge in [-0.1, -0.05) is 66.2 Å². The zero-order valence-corrected chi connectivity index (χ0v) is 23.2. The number of carbonyl (C=O) groups excluding carboxylic acids is 4. The molecule has 1 fully saturated rings. The topological polar surface area (TPSA) is 95.6 Å². The molecule has 0 aromatic heterocycles. The van der Waals surface area contributed by atoms with E-state index in [1.165, 1.54) is 22.7 Å². The molecular formula is C32H24ClN3O4S. The molecule has 2 N–H and O–H groups in total. The average molecular weight is 582 g/mol. The van der Waals surface area contributed by atoms with Crippen molar-refractivity contribution in [2.45, 2.75) is 16.6 Å². The van der Waals surface area contributed by atoms with Crippen molar-refractivity contribution in [3.8, 4) is 0 Å². The fraction of sp³-hybridized carbons (Fsp3) is 0.0625. The Kier molecular flexibility index (Phi) is 8.62. The zero-order valence-electron chi connectivity index (χ0n) is 21.6. The van der Waals surface area contributed by atoms with Gasteiger partial charge in [-0.2, -0.15) is 0 Å². The predicted molar refractivity (Wildman–Crippen MR) is 162 cm³/mol. The van der Waals surface area contributed by atoms with Gasteiger partial charge in [-0.25, -0.2) is 4.90 Å². The summed E-state index contributed by atoms with van der Waals surface area (Å²) in [6.45, 7) is 0. The minimum absolute atomic E-state index is 0.0153. The van der Waals surface area contributed by atoms with Gasteiger partial charge in [-0.15, -0.1) is 11.8 Å². The zero-order chi connectivity index (χ0) is 28.8. The molecule has 0 aliphatic carbocycles. The van der Waals surface area contributed by atoms with Crippen LogP contribution < -0.4 is 15.5 Å². The number of carbonyl (C=O) groups is 4. The lowest BCUT2D eigenvalue weighted by Crippen LogP contribution is -2.31. The summed E-state index contributed by atoms with van der Waals surface area (Å²) in [4.78, 5) is 53.6. The third-order valence-corrected chi connectivity index (χ3v) is 7.79. The van der Waals surface area contributed by atoms with E-state index in [-0.39, 0.29) is 23.9 Å². The number of nitrogens with zero attached hydrogens (tertiary/aromatic N) is 1. The Morgan fingerprint density at radius 2 is 1.46 bits per heavy atom. The molecule has 1 saturated heterocycles. The maximum atomic E-state index is 13.3. The number of benzene rings is 4. The van der Waals surface area contributed by atoms with E-state index >= 15 is 0 Å². The van der Waals surface area contributed by atoms with Gasteiger partial charge in [0.05, 0.1) is 10.9 Å². The number of anilines is 2. The van der Waals surface area contributed by atoms with E-state index in [1.807, 2.05) is 6.07 Å². The second kappa shape index (κ2) is 12.7. The molecule has 0 saturated carbocycles. The molecule has 1 unspecified atom stereocenters. The van der Waals surface area contributed by atoms with Gasteiger partial charge in [-0.3, -0.25) is 19.2 Å². The number of thioether (sulfide) groups is 1. The lowest BCUT2D eigenvalue weighted by Gasteiger charge is -2.15. The number of imide groups is 1. The summed E-state index contributed by atoms with van der Waals surface area (Å²) < 4.78 is 0. The summed E-state index contributed by atoms with van der Waals surface area (Å²) in [6, 6.07) is 31.4. The van der Waals surface area contributed by atoms with Crippen LogP contribution in [0.4, 0.5) is 11.4 Å². The molecule has 1 aliphatic rings. The predicted octanol–water partition coefficient (Wildman–Crippen LogP) is 6.17. The number of hydrogen-bond donors (Lipinski definition) is 2. The molecule has 204 valence electrons. The lowest BCUT2D eigenvalue weighted by molar-refractivity contribution is -0.121.